The zero-order chi connectivity index (χ0) is 13.0. The van der Waals surface area contributed by atoms with E-state index in [0.717, 1.165) is 6.07 Å². The fourth-order valence-corrected chi connectivity index (χ4v) is 1.47. The minimum absolute atomic E-state index is 0.121. The van der Waals surface area contributed by atoms with Crippen LogP contribution in [0.3, 0.4) is 0 Å². The molecule has 1 unspecified atom stereocenters. The largest absolute Gasteiger partial charge is 0.496 e. The maximum Gasteiger partial charge on any atom is 0.332 e. The lowest BCUT2D eigenvalue weighted by molar-refractivity contribution is -0.146. The van der Waals surface area contributed by atoms with Crippen LogP contribution in [0.25, 0.3) is 0 Å². The molecule has 0 aromatic heterocycles. The van der Waals surface area contributed by atoms with Gasteiger partial charge in [0.2, 0.25) is 0 Å². The SMILES string of the molecule is COc1ccc(F)c(OC)c1CC(O)C(=O)O. The summed E-state index contributed by atoms with van der Waals surface area (Å²) in [6.07, 6.45) is -1.93. The van der Waals surface area contributed by atoms with E-state index in [1.807, 2.05) is 0 Å². The van der Waals surface area contributed by atoms with Gasteiger partial charge in [0.1, 0.15) is 5.75 Å². The van der Waals surface area contributed by atoms with Crippen LogP contribution in [0, 0.1) is 5.82 Å². The van der Waals surface area contributed by atoms with Crippen LogP contribution >= 0.6 is 0 Å². The van der Waals surface area contributed by atoms with Gasteiger partial charge in [-0.15, -0.1) is 0 Å². The first-order valence-electron chi connectivity index (χ1n) is 4.81. The Labute approximate surface area is 97.4 Å². The molecule has 1 rings (SSSR count). The lowest BCUT2D eigenvalue weighted by Gasteiger charge is -2.14. The Morgan fingerprint density at radius 2 is 2.06 bits per heavy atom. The van der Waals surface area contributed by atoms with Crippen molar-refractivity contribution in [2.24, 2.45) is 0 Å². The van der Waals surface area contributed by atoms with Gasteiger partial charge in [-0.05, 0) is 12.1 Å². The van der Waals surface area contributed by atoms with Gasteiger partial charge in [0, 0.05) is 12.0 Å². The molecule has 0 spiro atoms. The summed E-state index contributed by atoms with van der Waals surface area (Å²) in [6, 6.07) is 2.50. The predicted molar refractivity (Wildman–Crippen MR) is 56.9 cm³/mol. The van der Waals surface area contributed by atoms with E-state index in [1.165, 1.54) is 20.3 Å². The second-order valence-corrected chi connectivity index (χ2v) is 3.32. The van der Waals surface area contributed by atoms with Crippen molar-refractivity contribution in [2.75, 3.05) is 14.2 Å². The van der Waals surface area contributed by atoms with E-state index in [1.54, 1.807) is 0 Å². The molecule has 0 saturated heterocycles. The lowest BCUT2D eigenvalue weighted by atomic mass is 10.1. The molecule has 1 aromatic rings. The van der Waals surface area contributed by atoms with E-state index in [4.69, 9.17) is 14.6 Å². The maximum absolute atomic E-state index is 13.4. The summed E-state index contributed by atoms with van der Waals surface area (Å²) in [6.45, 7) is 0. The predicted octanol–water partition coefficient (Wildman–Crippen LogP) is 0.831. The smallest absolute Gasteiger partial charge is 0.332 e. The van der Waals surface area contributed by atoms with Crippen LogP contribution in [0.5, 0.6) is 11.5 Å². The summed E-state index contributed by atoms with van der Waals surface area (Å²) in [5, 5.41) is 17.9. The van der Waals surface area contributed by atoms with Crippen molar-refractivity contribution in [1.82, 2.24) is 0 Å². The second-order valence-electron chi connectivity index (χ2n) is 3.32. The van der Waals surface area contributed by atoms with Gasteiger partial charge in [0.15, 0.2) is 17.7 Å². The number of rotatable bonds is 5. The molecule has 6 heteroatoms. The summed E-state index contributed by atoms with van der Waals surface area (Å²) in [5.74, 6) is -1.88. The van der Waals surface area contributed by atoms with Crippen LogP contribution in [0.2, 0.25) is 0 Å². The van der Waals surface area contributed by atoms with E-state index >= 15 is 0 Å². The van der Waals surface area contributed by atoms with E-state index in [9.17, 15) is 14.3 Å². The fourth-order valence-electron chi connectivity index (χ4n) is 1.47. The number of carboxylic acids is 1. The van der Waals surface area contributed by atoms with E-state index in [0.29, 0.717) is 0 Å². The highest BCUT2D eigenvalue weighted by Gasteiger charge is 2.22. The third-order valence-corrected chi connectivity index (χ3v) is 2.28. The topological polar surface area (TPSA) is 76.0 Å². The fraction of sp³-hybridized carbons (Fsp3) is 0.364. The van der Waals surface area contributed by atoms with Crippen molar-refractivity contribution >= 4 is 5.97 Å². The molecule has 17 heavy (non-hydrogen) atoms. The molecule has 0 amide bonds. The van der Waals surface area contributed by atoms with Crippen LogP contribution in [0.1, 0.15) is 5.56 Å². The van der Waals surface area contributed by atoms with Crippen molar-refractivity contribution in [3.05, 3.63) is 23.5 Å². The Morgan fingerprint density at radius 3 is 2.53 bits per heavy atom. The van der Waals surface area contributed by atoms with Crippen molar-refractivity contribution in [3.63, 3.8) is 0 Å². The summed E-state index contributed by atoms with van der Waals surface area (Å²) in [5.41, 5.74) is 0.185. The van der Waals surface area contributed by atoms with Crippen LogP contribution in [-0.2, 0) is 11.2 Å². The summed E-state index contributed by atoms with van der Waals surface area (Å²) >= 11 is 0. The highest BCUT2D eigenvalue weighted by molar-refractivity contribution is 5.72. The Bertz CT molecular complexity index is 419. The molecule has 0 aliphatic heterocycles. The number of halogens is 1. The molecular weight excluding hydrogens is 231 g/mol. The highest BCUT2D eigenvalue weighted by atomic mass is 19.1. The average molecular weight is 244 g/mol. The molecule has 0 bridgehead atoms. The number of methoxy groups -OCH3 is 2. The normalized spacial score (nSPS) is 12.0. The van der Waals surface area contributed by atoms with Gasteiger partial charge in [0.05, 0.1) is 14.2 Å². The molecule has 1 atom stereocenters. The van der Waals surface area contributed by atoms with Crippen LogP contribution in [-0.4, -0.2) is 36.5 Å². The van der Waals surface area contributed by atoms with E-state index in [-0.39, 0.29) is 23.5 Å². The average Bonchev–Trinajstić information content (AvgIpc) is 2.29. The molecule has 0 aliphatic carbocycles. The molecule has 94 valence electrons. The van der Waals surface area contributed by atoms with Crippen molar-refractivity contribution in [2.45, 2.75) is 12.5 Å². The third kappa shape index (κ3) is 2.85. The van der Waals surface area contributed by atoms with Gasteiger partial charge in [-0.25, -0.2) is 9.18 Å². The number of aliphatic hydroxyl groups is 1. The first-order chi connectivity index (χ1) is 8.01. The monoisotopic (exact) mass is 244 g/mol. The minimum Gasteiger partial charge on any atom is -0.496 e. The first kappa shape index (κ1) is 13.2. The van der Waals surface area contributed by atoms with Gasteiger partial charge in [-0.1, -0.05) is 0 Å². The lowest BCUT2D eigenvalue weighted by Crippen LogP contribution is -2.22. The van der Waals surface area contributed by atoms with E-state index < -0.39 is 17.9 Å². The Morgan fingerprint density at radius 1 is 1.41 bits per heavy atom. The molecule has 0 aliphatic rings. The molecule has 5 nitrogen and oxygen atoms in total. The van der Waals surface area contributed by atoms with Crippen LogP contribution in [0.4, 0.5) is 4.39 Å². The highest BCUT2D eigenvalue weighted by Crippen LogP contribution is 2.32. The number of carboxylic acid groups (broad SMARTS) is 1. The minimum atomic E-state index is -1.64. The number of carbonyl (C=O) groups is 1. The van der Waals surface area contributed by atoms with Gasteiger partial charge < -0.3 is 19.7 Å². The molecule has 2 N–H and O–H groups in total. The molecule has 0 heterocycles. The Balaban J connectivity index is 3.18. The number of hydrogen-bond acceptors (Lipinski definition) is 4. The maximum atomic E-state index is 13.4. The van der Waals surface area contributed by atoms with Crippen molar-refractivity contribution < 1.29 is 28.9 Å². The van der Waals surface area contributed by atoms with Gasteiger partial charge >= 0.3 is 5.97 Å². The first-order valence-corrected chi connectivity index (χ1v) is 4.81. The van der Waals surface area contributed by atoms with Crippen molar-refractivity contribution in [3.8, 4) is 11.5 Å². The second kappa shape index (κ2) is 5.49. The number of benzene rings is 1. The number of aliphatic carboxylic acids is 1. The summed E-state index contributed by atoms with van der Waals surface area (Å²) < 4.78 is 23.2. The van der Waals surface area contributed by atoms with Crippen molar-refractivity contribution in [1.29, 1.82) is 0 Å². The van der Waals surface area contributed by atoms with E-state index in [2.05, 4.69) is 0 Å². The number of hydrogen-bond donors (Lipinski definition) is 2. The zero-order valence-corrected chi connectivity index (χ0v) is 9.44. The van der Waals surface area contributed by atoms with Gasteiger partial charge in [0.25, 0.3) is 0 Å². The summed E-state index contributed by atoms with van der Waals surface area (Å²) in [7, 11) is 2.62. The van der Waals surface area contributed by atoms with Gasteiger partial charge in [-0.2, -0.15) is 0 Å². The van der Waals surface area contributed by atoms with Crippen LogP contribution in [0.15, 0.2) is 12.1 Å². The summed E-state index contributed by atoms with van der Waals surface area (Å²) in [4.78, 5) is 10.6. The number of ether oxygens (including phenoxy) is 2. The third-order valence-electron chi connectivity index (χ3n) is 2.28. The molecule has 0 fully saturated rings. The molecule has 1 aromatic carbocycles. The standard InChI is InChI=1S/C11H13FO5/c1-16-9-4-3-7(12)10(17-2)6(9)5-8(13)11(14)15/h3-4,8,13H,5H2,1-2H3,(H,14,15). The number of aliphatic hydroxyl groups excluding tert-OH is 1. The molecule has 0 radical (unpaired) electrons. The Hall–Kier alpha value is -1.82. The zero-order valence-electron chi connectivity index (χ0n) is 9.44. The Kier molecular flexibility index (Phi) is 4.28. The quantitative estimate of drug-likeness (QED) is 0.802. The van der Waals surface area contributed by atoms with Crippen LogP contribution < -0.4 is 9.47 Å². The van der Waals surface area contributed by atoms with Gasteiger partial charge in [-0.3, -0.25) is 0 Å². The molecular formula is C11H13FO5. The molecule has 0 saturated carbocycles.